The summed E-state index contributed by atoms with van der Waals surface area (Å²) >= 11 is 5.78. The van der Waals surface area contributed by atoms with Gasteiger partial charge in [0.2, 0.25) is 5.28 Å². The minimum Gasteiger partial charge on any atom is -0.387 e. The molecule has 20 heavy (non-hydrogen) atoms. The quantitative estimate of drug-likeness (QED) is 0.824. The molecule has 0 bridgehead atoms. The molecule has 1 saturated heterocycles. The van der Waals surface area contributed by atoms with Crippen LogP contribution in [0.4, 0.5) is 10.2 Å². The molecule has 2 aromatic heterocycles. The second-order valence-corrected chi connectivity index (χ2v) is 5.08. The van der Waals surface area contributed by atoms with Crippen LogP contribution in [0.15, 0.2) is 12.3 Å². The average molecular weight is 301 g/mol. The van der Waals surface area contributed by atoms with E-state index in [1.54, 1.807) is 12.3 Å². The Hall–Kier alpha value is -1.44. The van der Waals surface area contributed by atoms with E-state index in [9.17, 15) is 9.50 Å². The zero-order valence-corrected chi connectivity index (χ0v) is 11.5. The fourth-order valence-corrected chi connectivity index (χ4v) is 2.67. The Morgan fingerprint density at radius 3 is 2.95 bits per heavy atom. The van der Waals surface area contributed by atoms with E-state index in [1.165, 1.54) is 4.57 Å². The van der Waals surface area contributed by atoms with E-state index in [2.05, 4.69) is 9.97 Å². The van der Waals surface area contributed by atoms with Crippen molar-refractivity contribution in [2.75, 3.05) is 5.73 Å². The molecule has 0 saturated carbocycles. The van der Waals surface area contributed by atoms with Gasteiger partial charge in [0.05, 0.1) is 11.5 Å². The molecule has 1 aliphatic rings. The summed E-state index contributed by atoms with van der Waals surface area (Å²) in [4.78, 5) is 7.90. The number of nitrogens with two attached hydrogens (primary N) is 1. The maximum atomic E-state index is 14.2. The summed E-state index contributed by atoms with van der Waals surface area (Å²) in [6.45, 7) is 1.83. The van der Waals surface area contributed by atoms with Gasteiger partial charge in [-0.3, -0.25) is 0 Å². The zero-order valence-electron chi connectivity index (χ0n) is 10.7. The highest BCUT2D eigenvalue weighted by molar-refractivity contribution is 6.28. The lowest BCUT2D eigenvalue weighted by Crippen LogP contribution is -2.27. The van der Waals surface area contributed by atoms with Gasteiger partial charge >= 0.3 is 0 Å². The Balaban J connectivity index is 2.07. The molecule has 3 heterocycles. The molecule has 0 spiro atoms. The molecule has 108 valence electrons. The third kappa shape index (κ3) is 1.93. The summed E-state index contributed by atoms with van der Waals surface area (Å²) in [5.74, 6) is 0.222. The lowest BCUT2D eigenvalue weighted by molar-refractivity contribution is -0.0235. The number of alkyl halides is 1. The van der Waals surface area contributed by atoms with Crippen LogP contribution in [0, 0.1) is 0 Å². The summed E-state index contributed by atoms with van der Waals surface area (Å²) in [7, 11) is 0. The van der Waals surface area contributed by atoms with Crippen LogP contribution in [0.25, 0.3) is 11.0 Å². The van der Waals surface area contributed by atoms with Crippen LogP contribution in [0.3, 0.4) is 0 Å². The topological polar surface area (TPSA) is 86.2 Å². The fraction of sp³-hybridized carbons (Fsp3) is 0.500. The number of aromatic nitrogens is 3. The fourth-order valence-electron chi connectivity index (χ4n) is 2.50. The van der Waals surface area contributed by atoms with Crippen LogP contribution in [0.1, 0.15) is 19.6 Å². The van der Waals surface area contributed by atoms with Gasteiger partial charge in [-0.1, -0.05) is 6.92 Å². The van der Waals surface area contributed by atoms with Gasteiger partial charge in [0, 0.05) is 6.20 Å². The first kappa shape index (κ1) is 13.5. The van der Waals surface area contributed by atoms with Crippen LogP contribution in [-0.2, 0) is 4.74 Å². The standard InChI is InChI=1S/C12H14ClFN4O2/c1-2-6-8(19)7(14)11(20-6)18-4-3-5-9(15)16-12(13)17-10(5)18/h3-4,6-8,11,19H,2H2,1H3,(H2,15,16,17)/t6-,7+,8-,11-/m1/s1. The van der Waals surface area contributed by atoms with Gasteiger partial charge in [0.25, 0.3) is 0 Å². The molecule has 6 nitrogen and oxygen atoms in total. The minimum absolute atomic E-state index is 0.0176. The van der Waals surface area contributed by atoms with Crippen LogP contribution < -0.4 is 5.73 Å². The Kier molecular flexibility index (Phi) is 3.27. The first-order valence-electron chi connectivity index (χ1n) is 6.30. The molecule has 0 aliphatic carbocycles. The number of aliphatic hydroxyl groups excluding tert-OH is 1. The van der Waals surface area contributed by atoms with Gasteiger partial charge in [0.15, 0.2) is 12.4 Å². The molecule has 1 fully saturated rings. The third-order valence-electron chi connectivity index (χ3n) is 3.54. The molecule has 2 aromatic rings. The molecule has 0 unspecified atom stereocenters. The van der Waals surface area contributed by atoms with Crippen molar-refractivity contribution in [3.05, 3.63) is 17.5 Å². The maximum Gasteiger partial charge on any atom is 0.226 e. The molecule has 4 atom stereocenters. The van der Waals surface area contributed by atoms with E-state index >= 15 is 0 Å². The van der Waals surface area contributed by atoms with Gasteiger partial charge < -0.3 is 20.1 Å². The maximum absolute atomic E-state index is 14.2. The van der Waals surface area contributed by atoms with E-state index < -0.39 is 24.6 Å². The van der Waals surface area contributed by atoms with Crippen molar-refractivity contribution in [1.29, 1.82) is 0 Å². The molecule has 0 amide bonds. The van der Waals surface area contributed by atoms with Crippen LogP contribution >= 0.6 is 11.6 Å². The van der Waals surface area contributed by atoms with E-state index in [-0.39, 0.29) is 11.1 Å². The van der Waals surface area contributed by atoms with E-state index in [0.29, 0.717) is 17.5 Å². The molecule has 8 heteroatoms. The number of nitrogen functional groups attached to an aromatic ring is 1. The van der Waals surface area contributed by atoms with Gasteiger partial charge in [-0.05, 0) is 24.1 Å². The van der Waals surface area contributed by atoms with Crippen LogP contribution in [0.2, 0.25) is 5.28 Å². The second-order valence-electron chi connectivity index (χ2n) is 4.75. The van der Waals surface area contributed by atoms with Crippen molar-refractivity contribution in [1.82, 2.24) is 14.5 Å². The summed E-state index contributed by atoms with van der Waals surface area (Å²) in [5.41, 5.74) is 6.14. The van der Waals surface area contributed by atoms with Crippen molar-refractivity contribution in [3.8, 4) is 0 Å². The Morgan fingerprint density at radius 2 is 2.30 bits per heavy atom. The van der Waals surface area contributed by atoms with Crippen molar-refractivity contribution in [3.63, 3.8) is 0 Å². The second kappa shape index (κ2) is 4.83. The summed E-state index contributed by atoms with van der Waals surface area (Å²) in [6.07, 6.45) is -2.05. The highest BCUT2D eigenvalue weighted by atomic mass is 35.5. The van der Waals surface area contributed by atoms with Crippen molar-refractivity contribution in [2.45, 2.75) is 38.0 Å². The zero-order chi connectivity index (χ0) is 14.4. The Morgan fingerprint density at radius 1 is 1.55 bits per heavy atom. The first-order valence-corrected chi connectivity index (χ1v) is 6.68. The lowest BCUT2D eigenvalue weighted by Gasteiger charge is -2.16. The first-order chi connectivity index (χ1) is 9.52. The third-order valence-corrected chi connectivity index (χ3v) is 3.71. The Labute approximate surface area is 119 Å². The van der Waals surface area contributed by atoms with Crippen molar-refractivity contribution in [2.24, 2.45) is 0 Å². The molecule has 0 aromatic carbocycles. The van der Waals surface area contributed by atoms with Gasteiger partial charge in [0.1, 0.15) is 17.6 Å². The van der Waals surface area contributed by atoms with E-state index in [1.807, 2.05) is 6.92 Å². The number of rotatable bonds is 2. The van der Waals surface area contributed by atoms with E-state index in [4.69, 9.17) is 22.1 Å². The summed E-state index contributed by atoms with van der Waals surface area (Å²) < 4.78 is 21.3. The molecular weight excluding hydrogens is 287 g/mol. The summed E-state index contributed by atoms with van der Waals surface area (Å²) in [6, 6.07) is 1.67. The van der Waals surface area contributed by atoms with E-state index in [0.717, 1.165) is 0 Å². The molecular formula is C12H14ClFN4O2. The SMILES string of the molecule is CC[C@H]1O[C@@H](n2ccc3c(N)nc(Cl)nc32)[C@@H](F)[C@@H]1O. The molecule has 1 aliphatic heterocycles. The number of hydrogen-bond donors (Lipinski definition) is 2. The van der Waals surface area contributed by atoms with Crippen LogP contribution in [-0.4, -0.2) is 38.0 Å². The predicted octanol–water partition coefficient (Wildman–Crippen LogP) is 1.67. The minimum atomic E-state index is -1.54. The largest absolute Gasteiger partial charge is 0.387 e. The van der Waals surface area contributed by atoms with Crippen molar-refractivity contribution < 1.29 is 14.2 Å². The lowest BCUT2D eigenvalue weighted by atomic mass is 10.1. The monoisotopic (exact) mass is 300 g/mol. The number of halogens is 2. The van der Waals surface area contributed by atoms with Gasteiger partial charge in [-0.25, -0.2) is 9.37 Å². The number of hydrogen-bond acceptors (Lipinski definition) is 5. The average Bonchev–Trinajstić information content (AvgIpc) is 2.93. The normalized spacial score (nSPS) is 30.2. The molecule has 3 N–H and O–H groups in total. The number of anilines is 1. The van der Waals surface area contributed by atoms with Gasteiger partial charge in [-0.2, -0.15) is 4.98 Å². The van der Waals surface area contributed by atoms with Crippen molar-refractivity contribution >= 4 is 28.5 Å². The Bertz CT molecular complexity index is 650. The van der Waals surface area contributed by atoms with Gasteiger partial charge in [-0.15, -0.1) is 0 Å². The molecule has 0 radical (unpaired) electrons. The number of nitrogens with zero attached hydrogens (tertiary/aromatic N) is 3. The highest BCUT2D eigenvalue weighted by Crippen LogP contribution is 2.35. The molecule has 3 rings (SSSR count). The highest BCUT2D eigenvalue weighted by Gasteiger charge is 2.44. The predicted molar refractivity (Wildman–Crippen MR) is 72.1 cm³/mol. The number of aliphatic hydroxyl groups is 1. The number of fused-ring (bicyclic) bond motifs is 1. The summed E-state index contributed by atoms with van der Waals surface area (Å²) in [5, 5.41) is 10.4. The van der Waals surface area contributed by atoms with Crippen LogP contribution in [0.5, 0.6) is 0 Å². The number of ether oxygens (including phenoxy) is 1. The smallest absolute Gasteiger partial charge is 0.226 e.